The van der Waals surface area contributed by atoms with Gasteiger partial charge in [0.25, 0.3) is 5.56 Å². The van der Waals surface area contributed by atoms with Gasteiger partial charge >= 0.3 is 0 Å². The van der Waals surface area contributed by atoms with Gasteiger partial charge in [-0.1, -0.05) is 18.2 Å². The van der Waals surface area contributed by atoms with Crippen molar-refractivity contribution in [2.75, 3.05) is 18.0 Å². The Labute approximate surface area is 212 Å². The van der Waals surface area contributed by atoms with Crippen LogP contribution in [-0.2, 0) is 18.0 Å². The second kappa shape index (κ2) is 9.37. The molecule has 2 atom stereocenters. The summed E-state index contributed by atoms with van der Waals surface area (Å²) in [5.74, 6) is 1.28. The van der Waals surface area contributed by atoms with Crippen molar-refractivity contribution in [3.63, 3.8) is 0 Å². The highest BCUT2D eigenvalue weighted by molar-refractivity contribution is 7.99. The lowest BCUT2D eigenvalue weighted by Gasteiger charge is -2.45. The van der Waals surface area contributed by atoms with Crippen LogP contribution in [0.25, 0.3) is 11.0 Å². The van der Waals surface area contributed by atoms with E-state index < -0.39 is 11.0 Å². The third kappa shape index (κ3) is 4.56. The minimum absolute atomic E-state index is 0.0355. The van der Waals surface area contributed by atoms with Crippen molar-refractivity contribution in [3.05, 3.63) is 41.1 Å². The van der Waals surface area contributed by atoms with E-state index in [4.69, 9.17) is 10.1 Å². The first kappa shape index (κ1) is 24.5. The Morgan fingerprint density at radius 1 is 1.23 bits per heavy atom. The number of nitrogens with two attached hydrogens (primary N) is 1. The Kier molecular flexibility index (Phi) is 6.56. The molecule has 0 radical (unpaired) electrons. The van der Waals surface area contributed by atoms with Crippen LogP contribution in [0.4, 0.5) is 5.95 Å². The number of rotatable bonds is 6. The number of piperidine rings is 1. The predicted molar refractivity (Wildman–Crippen MR) is 142 cm³/mol. The van der Waals surface area contributed by atoms with Gasteiger partial charge in [-0.3, -0.25) is 14.5 Å². The zero-order chi connectivity index (χ0) is 24.8. The molecule has 0 bridgehead atoms. The van der Waals surface area contributed by atoms with Gasteiger partial charge in [0.2, 0.25) is 5.95 Å². The van der Waals surface area contributed by atoms with Gasteiger partial charge in [-0.05, 0) is 69.4 Å². The summed E-state index contributed by atoms with van der Waals surface area (Å²) in [5, 5.41) is 6.79. The van der Waals surface area contributed by atoms with Gasteiger partial charge in [0.05, 0.1) is 26.8 Å². The van der Waals surface area contributed by atoms with Crippen LogP contribution in [0.3, 0.4) is 0 Å². The van der Waals surface area contributed by atoms with E-state index >= 15 is 0 Å². The van der Waals surface area contributed by atoms with E-state index in [1.54, 1.807) is 17.0 Å². The number of aromatic amines is 1. The van der Waals surface area contributed by atoms with Crippen LogP contribution in [-0.4, -0.2) is 41.6 Å². The summed E-state index contributed by atoms with van der Waals surface area (Å²) in [6.07, 6.45) is 12.0. The molecule has 5 rings (SSSR count). The lowest BCUT2D eigenvalue weighted by Crippen LogP contribution is -2.46. The molecule has 10 heteroatoms. The van der Waals surface area contributed by atoms with Gasteiger partial charge in [-0.2, -0.15) is 0 Å². The number of aromatic nitrogens is 4. The topological polar surface area (TPSA) is 110 Å². The maximum atomic E-state index is 13.2. The van der Waals surface area contributed by atoms with Crippen LogP contribution in [0.15, 0.2) is 45.3 Å². The zero-order valence-corrected chi connectivity index (χ0v) is 22.3. The van der Waals surface area contributed by atoms with E-state index in [9.17, 15) is 9.00 Å². The number of pyridine rings is 1. The fourth-order valence-electron chi connectivity index (χ4n) is 6.04. The smallest absolute Gasteiger partial charge is 0.268 e. The molecule has 1 saturated carbocycles. The average molecular weight is 515 g/mol. The second-order valence-corrected chi connectivity index (χ2v) is 13.4. The Morgan fingerprint density at radius 2 is 2.00 bits per heavy atom. The van der Waals surface area contributed by atoms with Gasteiger partial charge < -0.3 is 9.88 Å². The Hall–Kier alpha value is -2.17. The first-order valence-electron chi connectivity index (χ1n) is 12.3. The lowest BCUT2D eigenvalue weighted by atomic mass is 9.68. The largest absolute Gasteiger partial charge is 0.346 e. The van der Waals surface area contributed by atoms with Gasteiger partial charge in [0.1, 0.15) is 5.65 Å². The molecule has 4 heterocycles. The standard InChI is InChI=1S/C25H34N6O2S2/c1-24(2,35(26)33)15-17-5-4-8-25(17)9-13-31(14-10-25)23-29-16-20(22(32)30(23)3)34-19-7-12-28-21-18(19)6-11-27-21/h6-7,11-12,16-17H,4-5,8-10,13-15,26H2,1-3H3,(H,27,28)/t17-,35?/m1/s1. The van der Waals surface area contributed by atoms with Gasteiger partial charge in [0.15, 0.2) is 0 Å². The fourth-order valence-corrected chi connectivity index (χ4v) is 7.37. The van der Waals surface area contributed by atoms with Crippen molar-refractivity contribution in [1.82, 2.24) is 19.5 Å². The summed E-state index contributed by atoms with van der Waals surface area (Å²) in [6.45, 7) is 5.81. The first-order chi connectivity index (χ1) is 16.7. The number of fused-ring (bicyclic) bond motifs is 1. The lowest BCUT2D eigenvalue weighted by molar-refractivity contribution is 0.133. The molecule has 3 aromatic rings. The molecule has 8 nitrogen and oxygen atoms in total. The monoisotopic (exact) mass is 514 g/mol. The quantitative estimate of drug-likeness (QED) is 0.515. The second-order valence-electron chi connectivity index (χ2n) is 10.6. The highest BCUT2D eigenvalue weighted by Gasteiger charge is 2.47. The van der Waals surface area contributed by atoms with Crippen LogP contribution in [0.5, 0.6) is 0 Å². The molecule has 3 aromatic heterocycles. The maximum Gasteiger partial charge on any atom is 0.268 e. The van der Waals surface area contributed by atoms with Gasteiger partial charge in [0, 0.05) is 42.8 Å². The molecule has 188 valence electrons. The van der Waals surface area contributed by atoms with E-state index in [-0.39, 0.29) is 15.7 Å². The molecular weight excluding hydrogens is 480 g/mol. The molecule has 1 spiro atoms. The average Bonchev–Trinajstić information content (AvgIpc) is 3.46. The summed E-state index contributed by atoms with van der Waals surface area (Å²) < 4.78 is 13.4. The summed E-state index contributed by atoms with van der Waals surface area (Å²) in [7, 11) is 0.490. The van der Waals surface area contributed by atoms with E-state index in [0.29, 0.717) is 10.8 Å². The van der Waals surface area contributed by atoms with Crippen LogP contribution in [0, 0.1) is 11.3 Å². The molecule has 1 unspecified atom stereocenters. The minimum atomic E-state index is -1.32. The SMILES string of the molecule is Cn1c(N2CCC3(CCC[C@@H]3CC(C)(C)S(N)=O)CC2)ncc(Sc2ccnc3[nH]ccc23)c1=O. The predicted octanol–water partition coefficient (Wildman–Crippen LogP) is 3.99. The number of nitrogens with one attached hydrogen (secondary N) is 1. The summed E-state index contributed by atoms with van der Waals surface area (Å²) in [5.41, 5.74) is 1.06. The molecule has 2 aliphatic rings. The molecule has 1 saturated heterocycles. The maximum absolute atomic E-state index is 13.2. The Morgan fingerprint density at radius 3 is 2.74 bits per heavy atom. The third-order valence-corrected chi connectivity index (χ3v) is 10.5. The number of anilines is 1. The van der Waals surface area contributed by atoms with Crippen molar-refractivity contribution >= 4 is 39.7 Å². The van der Waals surface area contributed by atoms with Crippen molar-refractivity contribution in [3.8, 4) is 0 Å². The molecule has 1 aliphatic carbocycles. The van der Waals surface area contributed by atoms with E-state index in [0.717, 1.165) is 54.2 Å². The Balaban J connectivity index is 1.31. The van der Waals surface area contributed by atoms with Crippen LogP contribution in [0.2, 0.25) is 0 Å². The summed E-state index contributed by atoms with van der Waals surface area (Å²) >= 11 is 1.43. The van der Waals surface area contributed by atoms with Crippen molar-refractivity contribution in [2.24, 2.45) is 23.5 Å². The van der Waals surface area contributed by atoms with Crippen molar-refractivity contribution < 1.29 is 4.21 Å². The number of hydrogen-bond acceptors (Lipinski definition) is 6. The molecule has 35 heavy (non-hydrogen) atoms. The third-order valence-electron chi connectivity index (χ3n) is 8.17. The molecular formula is C25H34N6O2S2. The number of nitrogens with zero attached hydrogens (tertiary/aromatic N) is 4. The highest BCUT2D eigenvalue weighted by Crippen LogP contribution is 2.53. The van der Waals surface area contributed by atoms with Crippen LogP contribution >= 0.6 is 11.8 Å². The molecule has 0 amide bonds. The van der Waals surface area contributed by atoms with E-state index in [2.05, 4.69) is 14.9 Å². The normalized spacial score (nSPS) is 21.1. The van der Waals surface area contributed by atoms with Crippen LogP contribution < -0.4 is 15.6 Å². The van der Waals surface area contributed by atoms with Gasteiger partial charge in [-0.25, -0.2) is 14.2 Å². The van der Waals surface area contributed by atoms with E-state index in [1.807, 2.05) is 39.2 Å². The fraction of sp³-hybridized carbons (Fsp3) is 0.560. The zero-order valence-electron chi connectivity index (χ0n) is 20.6. The van der Waals surface area contributed by atoms with Gasteiger partial charge in [-0.15, -0.1) is 0 Å². The summed E-state index contributed by atoms with van der Waals surface area (Å²) in [6, 6.07) is 3.90. The number of H-pyrrole nitrogens is 1. The van der Waals surface area contributed by atoms with Crippen LogP contribution in [0.1, 0.15) is 52.4 Å². The summed E-state index contributed by atoms with van der Waals surface area (Å²) in [4.78, 5) is 29.3. The molecule has 3 N–H and O–H groups in total. The van der Waals surface area contributed by atoms with Crippen molar-refractivity contribution in [2.45, 2.75) is 66.9 Å². The number of hydrogen-bond donors (Lipinski definition) is 2. The van der Waals surface area contributed by atoms with E-state index in [1.165, 1.54) is 31.0 Å². The first-order valence-corrected chi connectivity index (χ1v) is 14.3. The van der Waals surface area contributed by atoms with Crippen molar-refractivity contribution in [1.29, 1.82) is 0 Å². The molecule has 2 fully saturated rings. The molecule has 0 aromatic carbocycles. The molecule has 1 aliphatic heterocycles. The highest BCUT2D eigenvalue weighted by atomic mass is 32.2. The Bertz CT molecular complexity index is 1310. The minimum Gasteiger partial charge on any atom is -0.346 e.